The van der Waals surface area contributed by atoms with Crippen LogP contribution in [0.3, 0.4) is 0 Å². The highest BCUT2D eigenvalue weighted by atomic mass is 16.6. The Balaban J connectivity index is 1.49. The van der Waals surface area contributed by atoms with E-state index >= 15 is 0 Å². The van der Waals surface area contributed by atoms with Crippen LogP contribution in [0, 0.1) is 5.92 Å². The molecule has 1 saturated heterocycles. The molecule has 32 heavy (non-hydrogen) atoms. The number of nitrogens with zero attached hydrogens (tertiary/aromatic N) is 4. The van der Waals surface area contributed by atoms with Crippen LogP contribution in [0.2, 0.25) is 0 Å². The largest absolute Gasteiger partial charge is 0.444 e. The molecule has 2 fully saturated rings. The maximum absolute atomic E-state index is 12.8. The third kappa shape index (κ3) is 7.39. The van der Waals surface area contributed by atoms with Crippen molar-refractivity contribution in [2.75, 3.05) is 38.5 Å². The van der Waals surface area contributed by atoms with Crippen molar-refractivity contribution in [2.24, 2.45) is 10.9 Å². The number of guanidine groups is 1. The number of pyridine rings is 1. The van der Waals surface area contributed by atoms with E-state index in [1.807, 2.05) is 25.7 Å². The number of amides is 2. The van der Waals surface area contributed by atoms with Crippen molar-refractivity contribution < 1.29 is 14.3 Å². The number of rotatable bonds is 6. The van der Waals surface area contributed by atoms with Crippen LogP contribution >= 0.6 is 0 Å². The Hall–Kier alpha value is -2.84. The highest BCUT2D eigenvalue weighted by molar-refractivity contribution is 5.94. The van der Waals surface area contributed by atoms with E-state index in [0.717, 1.165) is 32.5 Å². The smallest absolute Gasteiger partial charge is 0.410 e. The molecule has 176 valence electrons. The minimum absolute atomic E-state index is 0.118. The lowest BCUT2D eigenvalue weighted by molar-refractivity contribution is -0.115. The van der Waals surface area contributed by atoms with E-state index in [1.165, 1.54) is 12.8 Å². The highest BCUT2D eigenvalue weighted by Gasteiger charge is 2.35. The summed E-state index contributed by atoms with van der Waals surface area (Å²) in [6.45, 7) is 8.14. The Morgan fingerprint density at radius 2 is 1.97 bits per heavy atom. The van der Waals surface area contributed by atoms with Gasteiger partial charge >= 0.3 is 6.09 Å². The van der Waals surface area contributed by atoms with Crippen molar-refractivity contribution in [3.05, 3.63) is 24.5 Å². The van der Waals surface area contributed by atoms with Gasteiger partial charge in [0.1, 0.15) is 5.60 Å². The Morgan fingerprint density at radius 3 is 2.53 bits per heavy atom. The first-order valence-electron chi connectivity index (χ1n) is 11.4. The van der Waals surface area contributed by atoms with Gasteiger partial charge in [-0.05, 0) is 64.5 Å². The molecule has 2 aliphatic rings. The topological polar surface area (TPSA) is 99.2 Å². The van der Waals surface area contributed by atoms with E-state index in [4.69, 9.17) is 4.74 Å². The minimum atomic E-state index is -0.498. The van der Waals surface area contributed by atoms with E-state index in [0.29, 0.717) is 17.6 Å². The SMILES string of the molecule is CN=C(NCC(=O)Nc1cccnc1)N1CCC(N(CC2CC2)C(=O)OC(C)(C)C)CC1. The maximum Gasteiger partial charge on any atom is 0.410 e. The zero-order valence-corrected chi connectivity index (χ0v) is 19.6. The summed E-state index contributed by atoms with van der Waals surface area (Å²) in [7, 11) is 1.72. The lowest BCUT2D eigenvalue weighted by Gasteiger charge is -2.40. The molecule has 1 saturated carbocycles. The number of nitrogens with one attached hydrogen (secondary N) is 2. The molecule has 1 aliphatic carbocycles. The van der Waals surface area contributed by atoms with Crippen molar-refractivity contribution >= 4 is 23.6 Å². The van der Waals surface area contributed by atoms with Crippen LogP contribution in [-0.2, 0) is 9.53 Å². The second-order valence-electron chi connectivity index (χ2n) is 9.48. The van der Waals surface area contributed by atoms with Crippen LogP contribution in [0.4, 0.5) is 10.5 Å². The van der Waals surface area contributed by atoms with Crippen molar-refractivity contribution in [1.29, 1.82) is 0 Å². The molecule has 0 bridgehead atoms. The van der Waals surface area contributed by atoms with Gasteiger partial charge in [0.2, 0.25) is 5.91 Å². The summed E-state index contributed by atoms with van der Waals surface area (Å²) in [5.41, 5.74) is 0.162. The van der Waals surface area contributed by atoms with E-state index in [9.17, 15) is 9.59 Å². The Morgan fingerprint density at radius 1 is 1.25 bits per heavy atom. The third-order valence-corrected chi connectivity index (χ3v) is 5.55. The number of hydrogen-bond acceptors (Lipinski definition) is 5. The van der Waals surface area contributed by atoms with E-state index in [2.05, 4.69) is 25.5 Å². The quantitative estimate of drug-likeness (QED) is 0.517. The molecule has 0 atom stereocenters. The number of hydrogen-bond donors (Lipinski definition) is 2. The van der Waals surface area contributed by atoms with Crippen molar-refractivity contribution in [3.63, 3.8) is 0 Å². The second kappa shape index (κ2) is 10.7. The van der Waals surface area contributed by atoms with E-state index < -0.39 is 5.60 Å². The van der Waals surface area contributed by atoms with Crippen LogP contribution in [-0.4, -0.2) is 77.6 Å². The lowest BCUT2D eigenvalue weighted by Crippen LogP contribution is -2.53. The van der Waals surface area contributed by atoms with Crippen LogP contribution < -0.4 is 10.6 Å². The number of aliphatic imine (C=N–C) groups is 1. The molecule has 0 spiro atoms. The zero-order chi connectivity index (χ0) is 23.1. The molecule has 2 heterocycles. The van der Waals surface area contributed by atoms with Gasteiger partial charge in [0.05, 0.1) is 18.4 Å². The fraction of sp³-hybridized carbons (Fsp3) is 0.652. The summed E-state index contributed by atoms with van der Waals surface area (Å²) in [6.07, 6.45) is 7.12. The van der Waals surface area contributed by atoms with Crippen molar-refractivity contribution in [2.45, 2.75) is 58.1 Å². The van der Waals surface area contributed by atoms with Gasteiger partial charge in [-0.2, -0.15) is 0 Å². The van der Waals surface area contributed by atoms with Crippen LogP contribution in [0.25, 0.3) is 0 Å². The molecule has 3 rings (SSSR count). The first-order valence-corrected chi connectivity index (χ1v) is 11.4. The van der Waals surface area contributed by atoms with Crippen molar-refractivity contribution in [3.8, 4) is 0 Å². The summed E-state index contributed by atoms with van der Waals surface area (Å²) in [5.74, 6) is 1.14. The zero-order valence-electron chi connectivity index (χ0n) is 19.6. The molecule has 9 heteroatoms. The summed E-state index contributed by atoms with van der Waals surface area (Å²) < 4.78 is 5.68. The molecular formula is C23H36N6O3. The lowest BCUT2D eigenvalue weighted by atomic mass is 10.0. The fourth-order valence-corrected chi connectivity index (χ4v) is 3.79. The van der Waals surface area contributed by atoms with Gasteiger partial charge in [0.15, 0.2) is 5.96 Å². The molecule has 0 aromatic carbocycles. The number of anilines is 1. The van der Waals surface area contributed by atoms with Gasteiger partial charge in [-0.25, -0.2) is 4.79 Å². The molecule has 0 radical (unpaired) electrons. The predicted octanol–water partition coefficient (Wildman–Crippen LogP) is 2.71. The summed E-state index contributed by atoms with van der Waals surface area (Å²) in [4.78, 5) is 37.5. The van der Waals surface area contributed by atoms with Gasteiger partial charge in [-0.1, -0.05) is 0 Å². The number of aromatic nitrogens is 1. The third-order valence-electron chi connectivity index (χ3n) is 5.55. The standard InChI is InChI=1S/C23H36N6O3/c1-23(2,3)32-22(31)29(16-17-7-8-17)19-9-12-28(13-10-19)21(24-4)26-15-20(30)27-18-6-5-11-25-14-18/h5-6,11,14,17,19H,7-10,12-13,15-16H2,1-4H3,(H,24,26)(H,27,30). The first kappa shape index (κ1) is 23.8. The normalized spacial score (nSPS) is 17.6. The molecular weight excluding hydrogens is 408 g/mol. The van der Waals surface area contributed by atoms with Crippen LogP contribution in [0.1, 0.15) is 46.5 Å². The first-order chi connectivity index (χ1) is 15.2. The summed E-state index contributed by atoms with van der Waals surface area (Å²) in [6, 6.07) is 3.73. The molecule has 2 amide bonds. The Kier molecular flexibility index (Phi) is 7.93. The highest BCUT2D eigenvalue weighted by Crippen LogP contribution is 2.32. The van der Waals surface area contributed by atoms with Gasteiger partial charge in [0, 0.05) is 38.9 Å². The summed E-state index contributed by atoms with van der Waals surface area (Å²) >= 11 is 0. The van der Waals surface area contributed by atoms with Crippen LogP contribution in [0.5, 0.6) is 0 Å². The maximum atomic E-state index is 12.8. The number of ether oxygens (including phenoxy) is 1. The minimum Gasteiger partial charge on any atom is -0.444 e. The Labute approximate surface area is 190 Å². The molecule has 0 unspecified atom stereocenters. The van der Waals surface area contributed by atoms with Crippen LogP contribution in [0.15, 0.2) is 29.5 Å². The van der Waals surface area contributed by atoms with Gasteiger partial charge in [0.25, 0.3) is 0 Å². The van der Waals surface area contributed by atoms with E-state index in [-0.39, 0.29) is 24.6 Å². The molecule has 1 aromatic heterocycles. The molecule has 1 aromatic rings. The van der Waals surface area contributed by atoms with Gasteiger partial charge < -0.3 is 25.2 Å². The predicted molar refractivity (Wildman–Crippen MR) is 124 cm³/mol. The fourth-order valence-electron chi connectivity index (χ4n) is 3.79. The van der Waals surface area contributed by atoms with Gasteiger partial charge in [-0.15, -0.1) is 0 Å². The molecule has 2 N–H and O–H groups in total. The number of likely N-dealkylation sites (tertiary alicyclic amines) is 1. The number of piperidine rings is 1. The second-order valence-corrected chi connectivity index (χ2v) is 9.48. The monoisotopic (exact) mass is 444 g/mol. The molecule has 1 aliphatic heterocycles. The summed E-state index contributed by atoms with van der Waals surface area (Å²) in [5, 5.41) is 5.94. The Bertz CT molecular complexity index is 796. The number of carbonyl (C=O) groups excluding carboxylic acids is 2. The van der Waals surface area contributed by atoms with Crippen molar-refractivity contribution in [1.82, 2.24) is 20.1 Å². The van der Waals surface area contributed by atoms with E-state index in [1.54, 1.807) is 31.6 Å². The average molecular weight is 445 g/mol. The number of carbonyl (C=O) groups is 2. The average Bonchev–Trinajstić information content (AvgIpc) is 3.57. The molecule has 9 nitrogen and oxygen atoms in total. The van der Waals surface area contributed by atoms with Gasteiger partial charge in [-0.3, -0.25) is 14.8 Å².